The van der Waals surface area contributed by atoms with E-state index in [1.165, 1.54) is 18.4 Å². The van der Waals surface area contributed by atoms with E-state index < -0.39 is 33.2 Å². The molecule has 0 spiro atoms. The molecule has 0 bridgehead atoms. The van der Waals surface area contributed by atoms with Crippen LogP contribution in [0.3, 0.4) is 0 Å². The van der Waals surface area contributed by atoms with Crippen LogP contribution in [-0.4, -0.2) is 97.9 Å². The lowest BCUT2D eigenvalue weighted by Gasteiger charge is -2.73. The molecule has 11 nitrogen and oxygen atoms in total. The van der Waals surface area contributed by atoms with Gasteiger partial charge in [-0.05, 0) is 143 Å². The standard InChI is InChI=1S/C48H79N3O8S/c1-12-58-42(55)50-30(4)35(51-23-25-60(56,57)26-24-51)28-49-48-20-15-31(29(2)3)39(48)32-13-14-37-45(9)18-17-38(59-41(54)34-27-33(40(52)53)43(34,5)6)44(7,8)36(45)16-19-47(37,11)46(32,10)21-22-48/h30-39,49H,2,12-28H2,1,3-11H3,(H,50,55)(H,52,53)/t30-,31+,32-,33+,34-,35-,36+,37-,38+,39-,45+,46-,47-,48+/m1/s1. The monoisotopic (exact) mass is 858 g/mol. The molecule has 6 aliphatic carbocycles. The highest BCUT2D eigenvalue weighted by atomic mass is 32.2. The van der Waals surface area contributed by atoms with Crippen LogP contribution in [0.15, 0.2) is 12.2 Å². The number of carboxylic acids is 1. The minimum atomic E-state index is -3.07. The Kier molecular flexibility index (Phi) is 12.1. The van der Waals surface area contributed by atoms with E-state index in [-0.39, 0.29) is 68.8 Å². The Morgan fingerprint density at radius 2 is 1.53 bits per heavy atom. The van der Waals surface area contributed by atoms with Gasteiger partial charge in [-0.1, -0.05) is 60.6 Å². The highest BCUT2D eigenvalue weighted by Crippen LogP contribution is 2.76. The van der Waals surface area contributed by atoms with Crippen molar-refractivity contribution in [3.63, 3.8) is 0 Å². The van der Waals surface area contributed by atoms with Crippen LogP contribution in [0.2, 0.25) is 0 Å². The summed E-state index contributed by atoms with van der Waals surface area (Å²) in [5, 5.41) is 17.0. The number of fused-ring (bicyclic) bond motifs is 7. The fraction of sp³-hybridized carbons (Fsp3) is 0.896. The van der Waals surface area contributed by atoms with Crippen molar-refractivity contribution < 1.29 is 37.4 Å². The van der Waals surface area contributed by atoms with Crippen molar-refractivity contribution in [3.8, 4) is 0 Å². The summed E-state index contributed by atoms with van der Waals surface area (Å²) >= 11 is 0. The molecule has 7 aliphatic rings. The minimum absolute atomic E-state index is 0.0642. The molecule has 0 unspecified atom stereocenters. The molecule has 3 N–H and O–H groups in total. The van der Waals surface area contributed by atoms with E-state index in [0.717, 1.165) is 51.4 Å². The Bertz CT molecular complexity index is 1800. The fourth-order valence-electron chi connectivity index (χ4n) is 16.0. The van der Waals surface area contributed by atoms with Gasteiger partial charge in [0.25, 0.3) is 0 Å². The van der Waals surface area contributed by atoms with Gasteiger partial charge in [-0.15, -0.1) is 0 Å². The van der Waals surface area contributed by atoms with Crippen molar-refractivity contribution in [3.05, 3.63) is 12.2 Å². The van der Waals surface area contributed by atoms with Crippen molar-refractivity contribution in [1.82, 2.24) is 15.5 Å². The second kappa shape index (κ2) is 15.8. The van der Waals surface area contributed by atoms with Gasteiger partial charge in [0.1, 0.15) is 6.10 Å². The summed E-state index contributed by atoms with van der Waals surface area (Å²) in [6.45, 7) is 28.9. The van der Waals surface area contributed by atoms with Crippen molar-refractivity contribution in [2.75, 3.05) is 37.7 Å². The van der Waals surface area contributed by atoms with Crippen molar-refractivity contribution >= 4 is 27.9 Å². The maximum absolute atomic E-state index is 13.7. The molecule has 1 amide bonds. The summed E-state index contributed by atoms with van der Waals surface area (Å²) in [5.41, 5.74) is 0.823. The van der Waals surface area contributed by atoms with Gasteiger partial charge >= 0.3 is 18.0 Å². The van der Waals surface area contributed by atoms with E-state index in [1.807, 2.05) is 20.8 Å². The number of alkyl carbamates (subject to hydrolysis) is 1. The minimum Gasteiger partial charge on any atom is -0.481 e. The molecule has 6 saturated carbocycles. The lowest BCUT2D eigenvalue weighted by atomic mass is 9.32. The molecule has 0 aromatic carbocycles. The van der Waals surface area contributed by atoms with Gasteiger partial charge < -0.3 is 25.2 Å². The fourth-order valence-corrected chi connectivity index (χ4v) is 17.3. The lowest BCUT2D eigenvalue weighted by Crippen LogP contribution is -2.69. The number of nitrogens with zero attached hydrogens (tertiary/aromatic N) is 1. The third-order valence-corrected chi connectivity index (χ3v) is 21.4. The first-order valence-electron chi connectivity index (χ1n) is 23.6. The zero-order valence-electron chi connectivity index (χ0n) is 38.7. The number of nitrogens with one attached hydrogen (secondary N) is 2. The molecule has 1 heterocycles. The zero-order chi connectivity index (χ0) is 44.0. The number of amides is 1. The first-order chi connectivity index (χ1) is 27.9. The molecule has 340 valence electrons. The average Bonchev–Trinajstić information content (AvgIpc) is 3.53. The number of allylic oxidation sites excluding steroid dienone is 1. The van der Waals surface area contributed by atoms with Gasteiger partial charge in [0.15, 0.2) is 9.84 Å². The summed E-state index contributed by atoms with van der Waals surface area (Å²) < 4.78 is 36.7. The Labute approximate surface area is 361 Å². The van der Waals surface area contributed by atoms with Gasteiger partial charge in [-0.25, -0.2) is 13.2 Å². The van der Waals surface area contributed by atoms with E-state index in [9.17, 15) is 27.9 Å². The summed E-state index contributed by atoms with van der Waals surface area (Å²) in [6, 6.07) is -0.317. The number of hydrogen-bond acceptors (Lipinski definition) is 9. The molecule has 60 heavy (non-hydrogen) atoms. The van der Waals surface area contributed by atoms with Crippen molar-refractivity contribution in [1.29, 1.82) is 0 Å². The van der Waals surface area contributed by atoms with Crippen LogP contribution >= 0.6 is 0 Å². The molecular formula is C48H79N3O8S. The van der Waals surface area contributed by atoms with Crippen molar-refractivity contribution in [2.24, 2.45) is 68.5 Å². The second-order valence-corrected chi connectivity index (χ2v) is 25.2. The van der Waals surface area contributed by atoms with Crippen LogP contribution in [0.1, 0.15) is 140 Å². The Balaban J connectivity index is 1.11. The number of hydrogen-bond donors (Lipinski definition) is 3. The molecule has 1 saturated heterocycles. The second-order valence-electron chi connectivity index (χ2n) is 22.9. The molecular weight excluding hydrogens is 779 g/mol. The maximum Gasteiger partial charge on any atom is 0.407 e. The molecule has 7 rings (SSSR count). The predicted molar refractivity (Wildman–Crippen MR) is 234 cm³/mol. The van der Waals surface area contributed by atoms with E-state index in [0.29, 0.717) is 62.3 Å². The number of carbonyl (C=O) groups is 3. The van der Waals surface area contributed by atoms with E-state index in [2.05, 4.69) is 63.7 Å². The highest BCUT2D eigenvalue weighted by Gasteiger charge is 2.71. The topological polar surface area (TPSA) is 151 Å². The van der Waals surface area contributed by atoms with Crippen molar-refractivity contribution in [2.45, 2.75) is 164 Å². The lowest BCUT2D eigenvalue weighted by molar-refractivity contribution is -0.248. The molecule has 0 aromatic rings. The van der Waals surface area contributed by atoms with E-state index >= 15 is 0 Å². The van der Waals surface area contributed by atoms with E-state index in [4.69, 9.17) is 9.47 Å². The van der Waals surface area contributed by atoms with Gasteiger partial charge in [0.2, 0.25) is 0 Å². The number of aliphatic carboxylic acids is 1. The summed E-state index contributed by atoms with van der Waals surface area (Å²) in [5.74, 6) is 0.725. The van der Waals surface area contributed by atoms with Crippen LogP contribution in [-0.2, 0) is 28.9 Å². The molecule has 1 aliphatic heterocycles. The molecule has 14 atom stereocenters. The first-order valence-corrected chi connectivity index (χ1v) is 25.4. The molecule has 7 fully saturated rings. The zero-order valence-corrected chi connectivity index (χ0v) is 39.5. The van der Waals surface area contributed by atoms with Gasteiger partial charge in [-0.3, -0.25) is 14.5 Å². The number of esters is 1. The molecule has 12 heteroatoms. The Morgan fingerprint density at radius 3 is 2.15 bits per heavy atom. The first kappa shape index (κ1) is 45.8. The number of carbonyl (C=O) groups excluding carboxylic acids is 2. The number of rotatable bonds is 11. The smallest absolute Gasteiger partial charge is 0.407 e. The number of ether oxygens (including phenoxy) is 2. The average molecular weight is 858 g/mol. The summed E-state index contributed by atoms with van der Waals surface area (Å²) in [7, 11) is -3.07. The van der Waals surface area contributed by atoms with Gasteiger partial charge in [-0.2, -0.15) is 0 Å². The third-order valence-electron chi connectivity index (χ3n) is 19.8. The normalized spacial score (nSPS) is 43.6. The quantitative estimate of drug-likeness (QED) is 0.138. The van der Waals surface area contributed by atoms with Gasteiger partial charge in [0.05, 0.1) is 29.9 Å². The van der Waals surface area contributed by atoms with Crippen LogP contribution in [0.25, 0.3) is 0 Å². The Morgan fingerprint density at radius 1 is 0.850 bits per heavy atom. The van der Waals surface area contributed by atoms with Crippen LogP contribution in [0.5, 0.6) is 0 Å². The van der Waals surface area contributed by atoms with Crippen LogP contribution in [0, 0.1) is 68.5 Å². The highest BCUT2D eigenvalue weighted by molar-refractivity contribution is 7.91. The summed E-state index contributed by atoms with van der Waals surface area (Å²) in [6.07, 6.45) is 10.7. The Hall–Kier alpha value is -2.18. The SMILES string of the molecule is C=C(C)[C@@H]1CC[C@]2(NC[C@H]([C@@H](C)NC(=O)OCC)N3CCS(=O)(=O)CC3)CC[C@]3(C)[C@H](CC[C@@H]4[C@@]5(C)CC[C@H](OC(=O)[C@H]6C[C@@H](C(=O)O)C6(C)C)C(C)(C)[C@@H]5CC[C@]43C)[C@@H]12. The maximum atomic E-state index is 13.7. The molecule has 0 radical (unpaired) electrons. The molecule has 0 aromatic heterocycles. The largest absolute Gasteiger partial charge is 0.481 e. The summed E-state index contributed by atoms with van der Waals surface area (Å²) in [4.78, 5) is 40.4. The van der Waals surface area contributed by atoms with Crippen LogP contribution in [0.4, 0.5) is 4.79 Å². The number of carboxylic acid groups (broad SMARTS) is 1. The number of sulfone groups is 1. The van der Waals surface area contributed by atoms with Crippen LogP contribution < -0.4 is 10.6 Å². The van der Waals surface area contributed by atoms with Gasteiger partial charge in [0, 0.05) is 42.7 Å². The third kappa shape index (κ3) is 7.28. The predicted octanol–water partition coefficient (Wildman–Crippen LogP) is 7.88. The van der Waals surface area contributed by atoms with E-state index in [1.54, 1.807) is 6.92 Å².